The van der Waals surface area contributed by atoms with E-state index in [0.717, 1.165) is 45.2 Å². The summed E-state index contributed by atoms with van der Waals surface area (Å²) in [5.74, 6) is 0.972. The van der Waals surface area contributed by atoms with E-state index in [1.807, 2.05) is 41.5 Å². The van der Waals surface area contributed by atoms with Crippen LogP contribution in [-0.4, -0.2) is 53.9 Å². The van der Waals surface area contributed by atoms with Crippen molar-refractivity contribution < 1.29 is 0 Å². The van der Waals surface area contributed by atoms with Crippen LogP contribution in [0.3, 0.4) is 0 Å². The molecule has 0 unspecified atom stereocenters. The second-order valence-corrected chi connectivity index (χ2v) is 7.72. The molecule has 154 valence electrons. The predicted octanol–water partition coefficient (Wildman–Crippen LogP) is 3.51. The first-order chi connectivity index (χ1) is 13.8. The van der Waals surface area contributed by atoms with Crippen LogP contribution in [-0.2, 0) is 13.1 Å². The first kappa shape index (κ1) is 21.6. The standard InChI is InChI=1S/C21H26N6S.HI/c1-22-21(26-13-11-25(12-14-26)20-8-4-15-28-20)23-16-18-6-2-3-7-19(18)17-27-10-5-9-24-27;/h2-10,15H,11-14,16-17H2,1H3,(H,22,23);1H. The Morgan fingerprint density at radius 3 is 2.52 bits per heavy atom. The summed E-state index contributed by atoms with van der Waals surface area (Å²) in [6.07, 6.45) is 3.81. The van der Waals surface area contributed by atoms with Gasteiger partial charge in [0, 0.05) is 52.2 Å². The molecule has 0 atom stereocenters. The van der Waals surface area contributed by atoms with Crippen molar-refractivity contribution in [2.75, 3.05) is 38.1 Å². The Kier molecular flexibility index (Phi) is 7.93. The Hall–Kier alpha value is -2.07. The van der Waals surface area contributed by atoms with Crippen LogP contribution >= 0.6 is 35.3 Å². The summed E-state index contributed by atoms with van der Waals surface area (Å²) in [5.41, 5.74) is 2.55. The number of nitrogens with one attached hydrogen (secondary N) is 1. The summed E-state index contributed by atoms with van der Waals surface area (Å²) in [6, 6.07) is 14.8. The number of nitrogens with zero attached hydrogens (tertiary/aromatic N) is 5. The van der Waals surface area contributed by atoms with E-state index in [2.05, 4.69) is 67.0 Å². The summed E-state index contributed by atoms with van der Waals surface area (Å²) in [7, 11) is 1.86. The van der Waals surface area contributed by atoms with Crippen LogP contribution in [0.25, 0.3) is 0 Å². The molecular weight excluding hydrogens is 495 g/mol. The number of halogens is 1. The van der Waals surface area contributed by atoms with Gasteiger partial charge in [0.15, 0.2) is 5.96 Å². The van der Waals surface area contributed by atoms with Gasteiger partial charge in [0.25, 0.3) is 0 Å². The highest BCUT2D eigenvalue weighted by molar-refractivity contribution is 14.0. The summed E-state index contributed by atoms with van der Waals surface area (Å²) in [4.78, 5) is 9.32. The van der Waals surface area contributed by atoms with Gasteiger partial charge in [-0.2, -0.15) is 5.10 Å². The molecule has 0 spiro atoms. The summed E-state index contributed by atoms with van der Waals surface area (Å²) in [5, 5.41) is 11.4. The van der Waals surface area contributed by atoms with E-state index in [1.54, 1.807) is 0 Å². The van der Waals surface area contributed by atoms with Gasteiger partial charge in [-0.15, -0.1) is 35.3 Å². The van der Waals surface area contributed by atoms with Gasteiger partial charge in [0.05, 0.1) is 11.5 Å². The molecule has 3 aromatic rings. The normalized spacial score (nSPS) is 14.6. The van der Waals surface area contributed by atoms with Crippen LogP contribution in [0.2, 0.25) is 0 Å². The van der Waals surface area contributed by atoms with Crippen LogP contribution in [0.4, 0.5) is 5.00 Å². The van der Waals surface area contributed by atoms with Crippen molar-refractivity contribution in [3.63, 3.8) is 0 Å². The fourth-order valence-electron chi connectivity index (χ4n) is 3.55. The van der Waals surface area contributed by atoms with Crippen molar-refractivity contribution in [2.45, 2.75) is 13.1 Å². The maximum absolute atomic E-state index is 4.52. The molecule has 29 heavy (non-hydrogen) atoms. The number of piperazine rings is 1. The number of aliphatic imine (C=N–C) groups is 1. The van der Waals surface area contributed by atoms with E-state index < -0.39 is 0 Å². The summed E-state index contributed by atoms with van der Waals surface area (Å²) < 4.78 is 1.96. The van der Waals surface area contributed by atoms with Crippen LogP contribution in [0.15, 0.2) is 65.2 Å². The van der Waals surface area contributed by atoms with E-state index >= 15 is 0 Å². The molecule has 2 aromatic heterocycles. The number of anilines is 1. The third-order valence-electron chi connectivity index (χ3n) is 5.06. The Labute approximate surface area is 193 Å². The minimum absolute atomic E-state index is 0. The lowest BCUT2D eigenvalue weighted by Gasteiger charge is -2.37. The summed E-state index contributed by atoms with van der Waals surface area (Å²) >= 11 is 1.81. The monoisotopic (exact) mass is 522 g/mol. The molecule has 0 radical (unpaired) electrons. The second-order valence-electron chi connectivity index (χ2n) is 6.80. The average molecular weight is 522 g/mol. The topological polar surface area (TPSA) is 48.7 Å². The molecule has 0 aliphatic carbocycles. The van der Waals surface area contributed by atoms with Gasteiger partial charge < -0.3 is 15.1 Å². The van der Waals surface area contributed by atoms with Gasteiger partial charge >= 0.3 is 0 Å². The van der Waals surface area contributed by atoms with E-state index in [-0.39, 0.29) is 24.0 Å². The molecule has 6 nitrogen and oxygen atoms in total. The highest BCUT2D eigenvalue weighted by Gasteiger charge is 2.20. The number of benzene rings is 1. The number of guanidine groups is 1. The van der Waals surface area contributed by atoms with Gasteiger partial charge in [0.1, 0.15) is 0 Å². The number of hydrogen-bond donors (Lipinski definition) is 1. The largest absolute Gasteiger partial charge is 0.360 e. The first-order valence-electron chi connectivity index (χ1n) is 9.62. The molecular formula is C21H27IN6S. The molecule has 0 saturated carbocycles. The lowest BCUT2D eigenvalue weighted by molar-refractivity contribution is 0.373. The van der Waals surface area contributed by atoms with Crippen molar-refractivity contribution in [3.05, 3.63) is 71.4 Å². The number of hydrogen-bond acceptors (Lipinski definition) is 4. The third-order valence-corrected chi connectivity index (χ3v) is 5.98. The van der Waals surface area contributed by atoms with Gasteiger partial charge in [-0.3, -0.25) is 9.67 Å². The molecule has 4 rings (SSSR count). The molecule has 8 heteroatoms. The van der Waals surface area contributed by atoms with Crippen LogP contribution in [0.1, 0.15) is 11.1 Å². The van der Waals surface area contributed by atoms with Gasteiger partial charge in [-0.05, 0) is 34.7 Å². The molecule has 1 aliphatic heterocycles. The maximum Gasteiger partial charge on any atom is 0.194 e. The summed E-state index contributed by atoms with van der Waals surface area (Å²) in [6.45, 7) is 5.55. The first-order valence-corrected chi connectivity index (χ1v) is 10.5. The van der Waals surface area contributed by atoms with E-state index in [9.17, 15) is 0 Å². The fourth-order valence-corrected chi connectivity index (χ4v) is 4.33. The Morgan fingerprint density at radius 1 is 1.07 bits per heavy atom. The van der Waals surface area contributed by atoms with Crippen LogP contribution in [0.5, 0.6) is 0 Å². The van der Waals surface area contributed by atoms with Crippen molar-refractivity contribution in [3.8, 4) is 0 Å². The molecule has 1 aliphatic rings. The predicted molar refractivity (Wildman–Crippen MR) is 131 cm³/mol. The lowest BCUT2D eigenvalue weighted by atomic mass is 10.1. The smallest absolute Gasteiger partial charge is 0.194 e. The molecule has 1 aromatic carbocycles. The highest BCUT2D eigenvalue weighted by Crippen LogP contribution is 2.22. The molecule has 1 saturated heterocycles. The van der Waals surface area contributed by atoms with Crippen molar-refractivity contribution in [1.82, 2.24) is 20.0 Å². The third kappa shape index (κ3) is 5.51. The zero-order valence-electron chi connectivity index (χ0n) is 16.6. The minimum Gasteiger partial charge on any atom is -0.360 e. The highest BCUT2D eigenvalue weighted by atomic mass is 127. The van der Waals surface area contributed by atoms with Crippen LogP contribution < -0.4 is 10.2 Å². The molecule has 3 heterocycles. The number of thiophene rings is 1. The molecule has 1 N–H and O–H groups in total. The minimum atomic E-state index is 0. The van der Waals surface area contributed by atoms with Crippen molar-refractivity contribution in [2.24, 2.45) is 4.99 Å². The average Bonchev–Trinajstić information content (AvgIpc) is 3.44. The van der Waals surface area contributed by atoms with Crippen molar-refractivity contribution in [1.29, 1.82) is 0 Å². The van der Waals surface area contributed by atoms with Gasteiger partial charge in [-0.1, -0.05) is 24.3 Å². The van der Waals surface area contributed by atoms with E-state index in [0.29, 0.717) is 0 Å². The zero-order chi connectivity index (χ0) is 19.2. The van der Waals surface area contributed by atoms with Gasteiger partial charge in [0.2, 0.25) is 0 Å². The second kappa shape index (κ2) is 10.6. The maximum atomic E-state index is 4.52. The van der Waals surface area contributed by atoms with Crippen molar-refractivity contribution >= 4 is 46.3 Å². The number of rotatable bonds is 5. The lowest BCUT2D eigenvalue weighted by Crippen LogP contribution is -2.52. The molecule has 1 fully saturated rings. The molecule has 0 amide bonds. The Morgan fingerprint density at radius 2 is 1.86 bits per heavy atom. The van der Waals surface area contributed by atoms with E-state index in [4.69, 9.17) is 0 Å². The Bertz CT molecular complexity index is 886. The number of aromatic nitrogens is 2. The quantitative estimate of drug-likeness (QED) is 0.317. The van der Waals surface area contributed by atoms with Crippen LogP contribution in [0, 0.1) is 0 Å². The van der Waals surface area contributed by atoms with E-state index in [1.165, 1.54) is 16.1 Å². The Balaban J connectivity index is 0.00000240. The fraction of sp³-hybridized carbons (Fsp3) is 0.333. The SMILES string of the molecule is CN=C(NCc1ccccc1Cn1cccn1)N1CCN(c2cccs2)CC1.I. The van der Waals surface area contributed by atoms with Gasteiger partial charge in [-0.25, -0.2) is 0 Å². The molecule has 0 bridgehead atoms. The zero-order valence-corrected chi connectivity index (χ0v) is 19.7.